The minimum Gasteiger partial charge on any atom is -1.00 e. The highest BCUT2D eigenvalue weighted by atomic mass is 79.9. The zero-order valence-corrected chi connectivity index (χ0v) is 21.8. The third-order valence-electron chi connectivity index (χ3n) is 6.61. The molecule has 0 atom stereocenters. The molecule has 1 fully saturated rings. The van der Waals surface area contributed by atoms with E-state index in [2.05, 4.69) is 45.0 Å². The molecule has 0 aromatic heterocycles. The smallest absolute Gasteiger partial charge is 0.214 e. The van der Waals surface area contributed by atoms with Gasteiger partial charge in [-0.1, -0.05) is 81.7 Å². The number of unbranched alkanes of at least 4 members (excludes halogenated alkanes) is 7. The van der Waals surface area contributed by atoms with Crippen LogP contribution in [-0.4, -0.2) is 55.7 Å². The van der Waals surface area contributed by atoms with E-state index in [1.807, 2.05) is 0 Å². The Bertz CT molecular complexity index is 684. The summed E-state index contributed by atoms with van der Waals surface area (Å²) in [5.41, 5.74) is 2.64. The van der Waals surface area contributed by atoms with Gasteiger partial charge < -0.3 is 21.5 Å². The molecule has 0 N–H and O–H groups in total. The number of piperazine rings is 1. The third kappa shape index (κ3) is 8.97. The van der Waals surface area contributed by atoms with Gasteiger partial charge in [0.2, 0.25) is 10.0 Å². The minimum absolute atomic E-state index is 0. The maximum absolute atomic E-state index is 12.8. The molecule has 174 valence electrons. The summed E-state index contributed by atoms with van der Waals surface area (Å²) in [6.45, 7) is 11.8. The summed E-state index contributed by atoms with van der Waals surface area (Å²) in [4.78, 5) is 0. The van der Waals surface area contributed by atoms with E-state index in [0.717, 1.165) is 43.5 Å². The highest BCUT2D eigenvalue weighted by Crippen LogP contribution is 2.21. The molecular formula is C24H43BrN2O2S. The molecule has 1 heterocycles. The van der Waals surface area contributed by atoms with Crippen LogP contribution in [-0.2, 0) is 16.6 Å². The number of rotatable bonds is 13. The molecule has 4 nitrogen and oxygen atoms in total. The van der Waals surface area contributed by atoms with Gasteiger partial charge in [-0.2, -0.15) is 4.31 Å². The molecule has 0 aliphatic carbocycles. The molecule has 0 spiro atoms. The van der Waals surface area contributed by atoms with Crippen molar-refractivity contribution >= 4 is 10.0 Å². The molecule has 2 rings (SSSR count). The van der Waals surface area contributed by atoms with Gasteiger partial charge in [0.1, 0.15) is 6.54 Å². The van der Waals surface area contributed by atoms with E-state index in [9.17, 15) is 8.42 Å². The first kappa shape index (κ1) is 27.6. The molecular weight excluding hydrogens is 460 g/mol. The molecule has 1 saturated heterocycles. The molecule has 0 bridgehead atoms. The van der Waals surface area contributed by atoms with E-state index in [1.54, 1.807) is 4.31 Å². The Kier molecular flexibility index (Phi) is 12.8. The van der Waals surface area contributed by atoms with Crippen molar-refractivity contribution in [2.24, 2.45) is 0 Å². The van der Waals surface area contributed by atoms with Crippen LogP contribution in [0.5, 0.6) is 0 Å². The second-order valence-electron chi connectivity index (χ2n) is 8.94. The van der Waals surface area contributed by atoms with Crippen LogP contribution in [0.25, 0.3) is 0 Å². The van der Waals surface area contributed by atoms with Gasteiger partial charge in [-0.25, -0.2) is 8.42 Å². The van der Waals surface area contributed by atoms with Crippen molar-refractivity contribution in [3.63, 3.8) is 0 Å². The van der Waals surface area contributed by atoms with Crippen molar-refractivity contribution in [3.05, 3.63) is 35.4 Å². The van der Waals surface area contributed by atoms with Crippen molar-refractivity contribution in [1.29, 1.82) is 0 Å². The van der Waals surface area contributed by atoms with Gasteiger partial charge in [-0.05, 0) is 20.3 Å². The van der Waals surface area contributed by atoms with Crippen molar-refractivity contribution in [2.45, 2.75) is 78.7 Å². The average molecular weight is 504 g/mol. The molecule has 6 heteroatoms. The van der Waals surface area contributed by atoms with Crippen molar-refractivity contribution < 1.29 is 29.9 Å². The second kappa shape index (κ2) is 13.9. The predicted octanol–water partition coefficient (Wildman–Crippen LogP) is 2.12. The summed E-state index contributed by atoms with van der Waals surface area (Å²) in [7, 11) is -3.10. The van der Waals surface area contributed by atoms with Crippen LogP contribution in [0.4, 0.5) is 0 Å². The van der Waals surface area contributed by atoms with Gasteiger partial charge >= 0.3 is 0 Å². The number of likely N-dealkylation sites (N-methyl/N-ethyl adjacent to an activating group) is 1. The normalized spacial score (nSPS) is 16.9. The molecule has 1 aliphatic heterocycles. The zero-order chi connectivity index (χ0) is 21.2. The van der Waals surface area contributed by atoms with E-state index < -0.39 is 10.0 Å². The summed E-state index contributed by atoms with van der Waals surface area (Å²) >= 11 is 0. The quantitative estimate of drug-likeness (QED) is 0.306. The topological polar surface area (TPSA) is 37.4 Å². The molecule has 0 saturated carbocycles. The molecule has 1 aromatic rings. The number of benzene rings is 1. The van der Waals surface area contributed by atoms with E-state index in [0.29, 0.717) is 18.8 Å². The van der Waals surface area contributed by atoms with Gasteiger partial charge in [-0.3, -0.25) is 0 Å². The van der Waals surface area contributed by atoms with Crippen LogP contribution in [0.2, 0.25) is 0 Å². The Morgan fingerprint density at radius 3 is 1.93 bits per heavy atom. The molecule has 0 unspecified atom stereocenters. The number of halogens is 1. The second-order valence-corrected chi connectivity index (χ2v) is 11.0. The first-order valence-electron chi connectivity index (χ1n) is 11.8. The van der Waals surface area contributed by atoms with Crippen LogP contribution in [0.15, 0.2) is 24.3 Å². The average Bonchev–Trinajstić information content (AvgIpc) is 2.72. The number of quaternary nitrogens is 1. The maximum Gasteiger partial charge on any atom is 0.214 e. The molecule has 0 amide bonds. The summed E-state index contributed by atoms with van der Waals surface area (Å²) in [6.07, 6.45) is 9.49. The lowest BCUT2D eigenvalue weighted by Gasteiger charge is -2.44. The van der Waals surface area contributed by atoms with Crippen molar-refractivity contribution in [3.8, 4) is 0 Å². The largest absolute Gasteiger partial charge is 1.00 e. The maximum atomic E-state index is 12.8. The Morgan fingerprint density at radius 2 is 1.40 bits per heavy atom. The fraction of sp³-hybridized carbons (Fsp3) is 0.750. The molecule has 1 aromatic carbocycles. The van der Waals surface area contributed by atoms with Crippen LogP contribution in [0, 0.1) is 6.92 Å². The van der Waals surface area contributed by atoms with E-state index in [1.165, 1.54) is 49.7 Å². The summed E-state index contributed by atoms with van der Waals surface area (Å²) in [5.74, 6) is 0.325. The van der Waals surface area contributed by atoms with Crippen molar-refractivity contribution in [2.75, 3.05) is 38.5 Å². The van der Waals surface area contributed by atoms with E-state index in [-0.39, 0.29) is 17.0 Å². The molecule has 30 heavy (non-hydrogen) atoms. The number of sulfonamides is 1. The van der Waals surface area contributed by atoms with Gasteiger partial charge in [0.25, 0.3) is 0 Å². The van der Waals surface area contributed by atoms with Crippen molar-refractivity contribution in [1.82, 2.24) is 4.31 Å². The number of aryl methyl sites for hydroxylation is 1. The first-order valence-corrected chi connectivity index (χ1v) is 13.4. The highest BCUT2D eigenvalue weighted by Gasteiger charge is 2.35. The standard InChI is InChI=1S/C24H43N2O2S.BrH/c1-4-6-7-8-9-10-11-12-21-29(27,28)25-17-19-26(5-2,20-18-25)22-24-15-13-23(3)14-16-24;/h13-16H,4-12,17-22H2,1-3H3;1H/q+1;/p-1. The lowest BCUT2D eigenvalue weighted by molar-refractivity contribution is -0.942. The number of hydrogen-bond donors (Lipinski definition) is 0. The Morgan fingerprint density at radius 1 is 0.867 bits per heavy atom. The third-order valence-corrected chi connectivity index (χ3v) is 8.56. The summed E-state index contributed by atoms with van der Waals surface area (Å²) in [5, 5.41) is 0. The lowest BCUT2D eigenvalue weighted by atomic mass is 10.1. The lowest BCUT2D eigenvalue weighted by Crippen LogP contribution is -3.00. The Labute approximate surface area is 196 Å². The Balaban J connectivity index is 0.00000450. The summed E-state index contributed by atoms with van der Waals surface area (Å²) in [6, 6.07) is 8.78. The first-order chi connectivity index (χ1) is 13.9. The SMILES string of the molecule is CCCCCCCCCCS(=O)(=O)N1CC[N+](CC)(Cc2ccc(C)cc2)CC1.[Br-]. The number of hydrogen-bond acceptors (Lipinski definition) is 2. The summed E-state index contributed by atoms with van der Waals surface area (Å²) < 4.78 is 28.3. The van der Waals surface area contributed by atoms with Gasteiger partial charge in [0, 0.05) is 5.56 Å². The fourth-order valence-corrected chi connectivity index (χ4v) is 5.91. The fourth-order valence-electron chi connectivity index (χ4n) is 4.36. The zero-order valence-electron chi connectivity index (χ0n) is 19.4. The monoisotopic (exact) mass is 502 g/mol. The van der Waals surface area contributed by atoms with Gasteiger partial charge in [-0.15, -0.1) is 0 Å². The van der Waals surface area contributed by atoms with E-state index >= 15 is 0 Å². The minimum atomic E-state index is -3.10. The predicted molar refractivity (Wildman–Crippen MR) is 123 cm³/mol. The highest BCUT2D eigenvalue weighted by molar-refractivity contribution is 7.89. The van der Waals surface area contributed by atoms with Crippen LogP contribution >= 0.6 is 0 Å². The van der Waals surface area contributed by atoms with Crippen LogP contribution in [0.3, 0.4) is 0 Å². The van der Waals surface area contributed by atoms with E-state index in [4.69, 9.17) is 0 Å². The van der Waals surface area contributed by atoms with Gasteiger partial charge in [0.15, 0.2) is 0 Å². The van der Waals surface area contributed by atoms with Crippen LogP contribution < -0.4 is 17.0 Å². The number of nitrogens with zero attached hydrogens (tertiary/aromatic N) is 2. The Hall–Kier alpha value is -0.430. The van der Waals surface area contributed by atoms with Gasteiger partial charge in [0.05, 0.1) is 38.5 Å². The molecule has 0 radical (unpaired) electrons. The van der Waals surface area contributed by atoms with Crippen LogP contribution in [0.1, 0.15) is 76.3 Å². The molecule has 1 aliphatic rings.